The molecule has 2 aliphatic rings. The summed E-state index contributed by atoms with van der Waals surface area (Å²) in [5, 5.41) is 0. The van der Waals surface area contributed by atoms with Crippen molar-refractivity contribution in [1.29, 1.82) is 0 Å². The molecule has 2 aliphatic heterocycles. The molecule has 1 atom stereocenters. The minimum Gasteiger partial charge on any atom is -0.354 e. The Bertz CT molecular complexity index is 429. The largest absolute Gasteiger partial charge is 0.354 e. The second-order valence-electron chi connectivity index (χ2n) is 5.40. The number of pyridine rings is 1. The van der Waals surface area contributed by atoms with Crippen molar-refractivity contribution in [2.24, 2.45) is 0 Å². The van der Waals surface area contributed by atoms with E-state index in [9.17, 15) is 0 Å². The van der Waals surface area contributed by atoms with Gasteiger partial charge < -0.3 is 4.90 Å². The molecule has 0 aromatic carbocycles. The van der Waals surface area contributed by atoms with Crippen molar-refractivity contribution < 1.29 is 0 Å². The lowest BCUT2D eigenvalue weighted by Gasteiger charge is -2.24. The van der Waals surface area contributed by atoms with E-state index >= 15 is 0 Å². The zero-order chi connectivity index (χ0) is 12.5. The topological polar surface area (TPSA) is 19.4 Å². The Morgan fingerprint density at radius 3 is 2.83 bits per heavy atom. The Labute approximate surface area is 117 Å². The fourth-order valence-electron chi connectivity index (χ4n) is 3.09. The van der Waals surface area contributed by atoms with Gasteiger partial charge in [0.2, 0.25) is 0 Å². The maximum Gasteiger partial charge on any atom is 0.143 e. The van der Waals surface area contributed by atoms with Crippen LogP contribution in [0.25, 0.3) is 0 Å². The second kappa shape index (κ2) is 5.17. The molecular formula is C14H20BrN3. The smallest absolute Gasteiger partial charge is 0.143 e. The van der Waals surface area contributed by atoms with E-state index in [4.69, 9.17) is 0 Å². The first-order chi connectivity index (χ1) is 8.75. The van der Waals surface area contributed by atoms with Crippen molar-refractivity contribution in [2.75, 3.05) is 31.1 Å². The molecule has 0 amide bonds. The first-order valence-corrected chi connectivity index (χ1v) is 7.65. The van der Waals surface area contributed by atoms with Crippen LogP contribution in [0, 0.1) is 6.92 Å². The van der Waals surface area contributed by atoms with E-state index in [1.807, 2.05) is 6.20 Å². The van der Waals surface area contributed by atoms with Crippen LogP contribution in [0.2, 0.25) is 0 Å². The van der Waals surface area contributed by atoms with Crippen molar-refractivity contribution in [2.45, 2.75) is 32.2 Å². The van der Waals surface area contributed by atoms with Crippen molar-refractivity contribution in [3.8, 4) is 0 Å². The molecule has 3 heterocycles. The van der Waals surface area contributed by atoms with E-state index in [1.165, 1.54) is 37.9 Å². The molecule has 2 saturated heterocycles. The van der Waals surface area contributed by atoms with Gasteiger partial charge in [0.25, 0.3) is 0 Å². The lowest BCUT2D eigenvalue weighted by atomic mass is 10.2. The van der Waals surface area contributed by atoms with Crippen LogP contribution in [0.4, 0.5) is 5.82 Å². The van der Waals surface area contributed by atoms with Gasteiger partial charge in [-0.1, -0.05) is 0 Å². The Kier molecular flexibility index (Phi) is 3.57. The van der Waals surface area contributed by atoms with Gasteiger partial charge >= 0.3 is 0 Å². The quantitative estimate of drug-likeness (QED) is 0.837. The molecule has 3 rings (SSSR count). The summed E-state index contributed by atoms with van der Waals surface area (Å²) in [5.41, 5.74) is 1.27. The van der Waals surface area contributed by atoms with Crippen LogP contribution >= 0.6 is 15.9 Å². The van der Waals surface area contributed by atoms with Crippen LogP contribution < -0.4 is 4.90 Å². The first-order valence-electron chi connectivity index (χ1n) is 6.86. The third-order valence-electron chi connectivity index (χ3n) is 4.18. The van der Waals surface area contributed by atoms with Gasteiger partial charge in [-0.3, -0.25) is 4.90 Å². The van der Waals surface area contributed by atoms with E-state index < -0.39 is 0 Å². The van der Waals surface area contributed by atoms with Gasteiger partial charge in [-0.25, -0.2) is 4.98 Å². The molecule has 1 aromatic heterocycles. The van der Waals surface area contributed by atoms with Gasteiger partial charge in [0.05, 0.1) is 4.47 Å². The SMILES string of the molecule is Cc1ccnc(N2CCC(N3CCCC3)C2)c1Br. The number of likely N-dealkylation sites (tertiary alicyclic amines) is 1. The summed E-state index contributed by atoms with van der Waals surface area (Å²) in [6.07, 6.45) is 5.95. The van der Waals surface area contributed by atoms with Crippen LogP contribution in [-0.2, 0) is 0 Å². The van der Waals surface area contributed by atoms with Gasteiger partial charge in [0.15, 0.2) is 0 Å². The van der Waals surface area contributed by atoms with E-state index in [0.717, 1.165) is 29.4 Å². The molecule has 4 heteroatoms. The Morgan fingerprint density at radius 1 is 1.28 bits per heavy atom. The molecule has 98 valence electrons. The normalized spacial score (nSPS) is 25.0. The molecule has 0 aliphatic carbocycles. The van der Waals surface area contributed by atoms with Crippen LogP contribution in [0.3, 0.4) is 0 Å². The second-order valence-corrected chi connectivity index (χ2v) is 6.19. The van der Waals surface area contributed by atoms with Crippen molar-refractivity contribution in [1.82, 2.24) is 9.88 Å². The number of halogens is 1. The number of rotatable bonds is 2. The maximum atomic E-state index is 4.54. The average molecular weight is 310 g/mol. The third kappa shape index (κ3) is 2.28. The number of aromatic nitrogens is 1. The molecule has 0 saturated carbocycles. The van der Waals surface area contributed by atoms with Gasteiger partial charge in [-0.15, -0.1) is 0 Å². The summed E-state index contributed by atoms with van der Waals surface area (Å²) in [4.78, 5) is 9.63. The zero-order valence-corrected chi connectivity index (χ0v) is 12.5. The zero-order valence-electron chi connectivity index (χ0n) is 10.9. The highest BCUT2D eigenvalue weighted by atomic mass is 79.9. The van der Waals surface area contributed by atoms with E-state index in [-0.39, 0.29) is 0 Å². The van der Waals surface area contributed by atoms with Crippen molar-refractivity contribution in [3.05, 3.63) is 22.3 Å². The molecule has 0 spiro atoms. The summed E-state index contributed by atoms with van der Waals surface area (Å²) >= 11 is 3.68. The number of hydrogen-bond acceptors (Lipinski definition) is 3. The molecule has 1 unspecified atom stereocenters. The summed E-state index contributed by atoms with van der Waals surface area (Å²) in [7, 11) is 0. The number of aryl methyl sites for hydroxylation is 1. The maximum absolute atomic E-state index is 4.54. The summed E-state index contributed by atoms with van der Waals surface area (Å²) in [6, 6.07) is 2.79. The van der Waals surface area contributed by atoms with Gasteiger partial charge in [0.1, 0.15) is 5.82 Å². The van der Waals surface area contributed by atoms with Crippen LogP contribution in [0.5, 0.6) is 0 Å². The van der Waals surface area contributed by atoms with Gasteiger partial charge in [-0.05, 0) is 66.8 Å². The first kappa shape index (κ1) is 12.4. The molecule has 0 radical (unpaired) electrons. The van der Waals surface area contributed by atoms with E-state index in [0.29, 0.717) is 0 Å². The average Bonchev–Trinajstić information content (AvgIpc) is 3.01. The monoisotopic (exact) mass is 309 g/mol. The van der Waals surface area contributed by atoms with E-state index in [2.05, 4.69) is 43.7 Å². The Morgan fingerprint density at radius 2 is 2.06 bits per heavy atom. The molecule has 0 bridgehead atoms. The predicted molar refractivity (Wildman–Crippen MR) is 78.1 cm³/mol. The van der Waals surface area contributed by atoms with Crippen LogP contribution in [0.1, 0.15) is 24.8 Å². The number of anilines is 1. The van der Waals surface area contributed by atoms with Crippen molar-refractivity contribution >= 4 is 21.7 Å². The fourth-order valence-corrected chi connectivity index (χ4v) is 3.57. The van der Waals surface area contributed by atoms with Crippen LogP contribution in [-0.4, -0.2) is 42.1 Å². The lowest BCUT2D eigenvalue weighted by molar-refractivity contribution is 0.260. The third-order valence-corrected chi connectivity index (χ3v) is 5.16. The Balaban J connectivity index is 1.73. The minimum atomic E-state index is 0.738. The number of hydrogen-bond donors (Lipinski definition) is 0. The lowest BCUT2D eigenvalue weighted by Crippen LogP contribution is -2.35. The summed E-state index contributed by atoms with van der Waals surface area (Å²) in [5.74, 6) is 1.12. The number of nitrogens with zero attached hydrogens (tertiary/aromatic N) is 3. The van der Waals surface area contributed by atoms with Crippen molar-refractivity contribution in [3.63, 3.8) is 0 Å². The standard InChI is InChI=1S/C14H20BrN3/c1-11-4-6-16-14(13(11)15)18-9-5-12(10-18)17-7-2-3-8-17/h4,6,12H,2-3,5,7-10H2,1H3. The molecular weight excluding hydrogens is 290 g/mol. The molecule has 0 N–H and O–H groups in total. The summed E-state index contributed by atoms with van der Waals surface area (Å²) < 4.78 is 1.16. The minimum absolute atomic E-state index is 0.738. The molecule has 3 nitrogen and oxygen atoms in total. The van der Waals surface area contributed by atoms with E-state index in [1.54, 1.807) is 0 Å². The highest BCUT2D eigenvalue weighted by Crippen LogP contribution is 2.31. The fraction of sp³-hybridized carbons (Fsp3) is 0.643. The highest BCUT2D eigenvalue weighted by Gasteiger charge is 2.30. The van der Waals surface area contributed by atoms with Gasteiger partial charge in [-0.2, -0.15) is 0 Å². The van der Waals surface area contributed by atoms with Gasteiger partial charge in [0, 0.05) is 25.3 Å². The molecule has 2 fully saturated rings. The Hall–Kier alpha value is -0.610. The summed E-state index contributed by atoms with van der Waals surface area (Å²) in [6.45, 7) is 6.98. The highest BCUT2D eigenvalue weighted by molar-refractivity contribution is 9.10. The molecule has 1 aromatic rings. The molecule has 18 heavy (non-hydrogen) atoms. The van der Waals surface area contributed by atoms with Crippen LogP contribution in [0.15, 0.2) is 16.7 Å². The predicted octanol–water partition coefficient (Wildman–Crippen LogP) is 2.83.